The number of nitrogens with zero attached hydrogens (tertiary/aromatic N) is 1. The number of hydrogen-bond acceptors (Lipinski definition) is 2. The van der Waals surface area contributed by atoms with Crippen LogP contribution in [0.3, 0.4) is 0 Å². The van der Waals surface area contributed by atoms with Gasteiger partial charge in [0.2, 0.25) is 0 Å². The van der Waals surface area contributed by atoms with Crippen LogP contribution < -0.4 is 5.32 Å². The Balaban J connectivity index is 2.13. The number of nitrogens with one attached hydrogen (secondary N) is 1. The number of benzene rings is 1. The first-order chi connectivity index (χ1) is 8.56. The summed E-state index contributed by atoms with van der Waals surface area (Å²) in [6, 6.07) is 4.87. The van der Waals surface area contributed by atoms with Crippen molar-refractivity contribution in [2.24, 2.45) is 0 Å². The van der Waals surface area contributed by atoms with E-state index in [1.165, 1.54) is 0 Å². The molecule has 5 heteroatoms. The predicted octanol–water partition coefficient (Wildman–Crippen LogP) is 3.42. The van der Waals surface area contributed by atoms with E-state index < -0.39 is 17.5 Å². The van der Waals surface area contributed by atoms with E-state index in [1.807, 2.05) is 13.0 Å². The van der Waals surface area contributed by atoms with Crippen molar-refractivity contribution in [3.05, 3.63) is 59.2 Å². The lowest BCUT2D eigenvalue weighted by Crippen LogP contribution is -2.05. The van der Waals surface area contributed by atoms with Gasteiger partial charge >= 0.3 is 0 Å². The van der Waals surface area contributed by atoms with Crippen molar-refractivity contribution < 1.29 is 13.2 Å². The van der Waals surface area contributed by atoms with E-state index in [0.29, 0.717) is 17.8 Å². The van der Waals surface area contributed by atoms with Crippen LogP contribution in [0.2, 0.25) is 0 Å². The number of hydrogen-bond donors (Lipinski definition) is 1. The maximum Gasteiger partial charge on any atom is 0.152 e. The molecule has 1 N–H and O–H groups in total. The number of halogens is 3. The Morgan fingerprint density at radius 2 is 1.78 bits per heavy atom. The van der Waals surface area contributed by atoms with Crippen LogP contribution in [-0.2, 0) is 6.54 Å². The van der Waals surface area contributed by atoms with Crippen LogP contribution in [0.5, 0.6) is 0 Å². The number of pyridine rings is 1. The molecule has 18 heavy (non-hydrogen) atoms. The summed E-state index contributed by atoms with van der Waals surface area (Å²) >= 11 is 0. The van der Waals surface area contributed by atoms with E-state index in [2.05, 4.69) is 10.3 Å². The molecular weight excluding hydrogens is 241 g/mol. The van der Waals surface area contributed by atoms with Gasteiger partial charge in [-0.05, 0) is 18.6 Å². The van der Waals surface area contributed by atoms with Gasteiger partial charge in [0.25, 0.3) is 0 Å². The average molecular weight is 252 g/mol. The van der Waals surface area contributed by atoms with E-state index in [0.717, 1.165) is 5.56 Å². The van der Waals surface area contributed by atoms with Crippen molar-refractivity contribution in [2.75, 3.05) is 5.32 Å². The molecule has 0 saturated heterocycles. The molecule has 0 fully saturated rings. The maximum absolute atomic E-state index is 13.3. The molecule has 0 atom stereocenters. The molecule has 0 aliphatic heterocycles. The molecule has 2 rings (SSSR count). The second-order valence-corrected chi connectivity index (χ2v) is 3.92. The van der Waals surface area contributed by atoms with Crippen molar-refractivity contribution in [1.29, 1.82) is 0 Å². The van der Waals surface area contributed by atoms with E-state index in [1.54, 1.807) is 12.3 Å². The van der Waals surface area contributed by atoms with Gasteiger partial charge in [0.1, 0.15) is 11.5 Å². The third-order valence-corrected chi connectivity index (χ3v) is 2.43. The summed E-state index contributed by atoms with van der Waals surface area (Å²) in [5.74, 6) is -2.86. The van der Waals surface area contributed by atoms with Crippen LogP contribution in [0.1, 0.15) is 11.3 Å². The van der Waals surface area contributed by atoms with Gasteiger partial charge in [-0.2, -0.15) is 0 Å². The lowest BCUT2D eigenvalue weighted by Gasteiger charge is -2.08. The smallest absolute Gasteiger partial charge is 0.152 e. The first kappa shape index (κ1) is 12.4. The molecule has 1 aromatic heterocycles. The van der Waals surface area contributed by atoms with E-state index in [-0.39, 0.29) is 12.2 Å². The molecule has 0 saturated carbocycles. The first-order valence-electron chi connectivity index (χ1n) is 5.36. The third-order valence-electron chi connectivity index (χ3n) is 2.43. The molecule has 0 amide bonds. The Labute approximate surface area is 102 Å². The van der Waals surface area contributed by atoms with Crippen LogP contribution >= 0.6 is 0 Å². The second-order valence-electron chi connectivity index (χ2n) is 3.92. The molecule has 2 nitrogen and oxygen atoms in total. The molecule has 1 heterocycles. The van der Waals surface area contributed by atoms with Crippen LogP contribution in [0.15, 0.2) is 30.5 Å². The van der Waals surface area contributed by atoms with Gasteiger partial charge in [0.15, 0.2) is 11.6 Å². The van der Waals surface area contributed by atoms with Gasteiger partial charge in [-0.3, -0.25) is 4.98 Å². The van der Waals surface area contributed by atoms with Crippen molar-refractivity contribution in [2.45, 2.75) is 13.5 Å². The third kappa shape index (κ3) is 2.80. The molecule has 0 aliphatic carbocycles. The van der Waals surface area contributed by atoms with E-state index in [4.69, 9.17) is 0 Å². The summed E-state index contributed by atoms with van der Waals surface area (Å²) in [4.78, 5) is 4.09. The SMILES string of the molecule is Cc1ccc(CNc2c(F)cc(F)cc2F)nc1. The highest BCUT2D eigenvalue weighted by Crippen LogP contribution is 2.20. The summed E-state index contributed by atoms with van der Waals surface area (Å²) in [6.45, 7) is 2.06. The summed E-state index contributed by atoms with van der Waals surface area (Å²) in [6.07, 6.45) is 1.66. The Morgan fingerprint density at radius 1 is 1.11 bits per heavy atom. The number of aryl methyl sites for hydroxylation is 1. The van der Waals surface area contributed by atoms with Crippen molar-refractivity contribution >= 4 is 5.69 Å². The minimum atomic E-state index is -0.959. The normalized spacial score (nSPS) is 10.4. The topological polar surface area (TPSA) is 24.9 Å². The molecule has 0 spiro atoms. The lowest BCUT2D eigenvalue weighted by molar-refractivity contribution is 0.547. The Morgan fingerprint density at radius 3 is 2.33 bits per heavy atom. The zero-order chi connectivity index (χ0) is 13.1. The highest BCUT2D eigenvalue weighted by Gasteiger charge is 2.11. The maximum atomic E-state index is 13.3. The fourth-order valence-electron chi connectivity index (χ4n) is 1.49. The monoisotopic (exact) mass is 252 g/mol. The Kier molecular flexibility index (Phi) is 3.50. The average Bonchev–Trinajstić information content (AvgIpc) is 2.30. The number of rotatable bonds is 3. The molecule has 0 radical (unpaired) electrons. The molecule has 2 aromatic rings. The van der Waals surface area contributed by atoms with Crippen LogP contribution in [0, 0.1) is 24.4 Å². The van der Waals surface area contributed by atoms with Gasteiger partial charge in [-0.1, -0.05) is 6.07 Å². The molecular formula is C13H11F3N2. The van der Waals surface area contributed by atoms with Crippen LogP contribution in [0.4, 0.5) is 18.9 Å². The molecule has 0 unspecified atom stereocenters. The zero-order valence-electron chi connectivity index (χ0n) is 9.67. The first-order valence-corrected chi connectivity index (χ1v) is 5.36. The van der Waals surface area contributed by atoms with Gasteiger partial charge < -0.3 is 5.32 Å². The molecule has 0 bridgehead atoms. The molecule has 1 aromatic carbocycles. The van der Waals surface area contributed by atoms with Gasteiger partial charge in [0.05, 0.1) is 12.2 Å². The number of anilines is 1. The summed E-state index contributed by atoms with van der Waals surface area (Å²) in [7, 11) is 0. The predicted molar refractivity (Wildman–Crippen MR) is 62.6 cm³/mol. The Bertz CT molecular complexity index is 530. The number of aromatic nitrogens is 1. The van der Waals surface area contributed by atoms with Crippen LogP contribution in [0.25, 0.3) is 0 Å². The minimum absolute atomic E-state index is 0.166. The second kappa shape index (κ2) is 5.08. The molecule has 94 valence electrons. The van der Waals surface area contributed by atoms with Gasteiger partial charge in [-0.25, -0.2) is 13.2 Å². The zero-order valence-corrected chi connectivity index (χ0v) is 9.67. The van der Waals surface area contributed by atoms with E-state index in [9.17, 15) is 13.2 Å². The summed E-state index contributed by atoms with van der Waals surface area (Å²) in [5, 5.41) is 2.57. The Hall–Kier alpha value is -2.04. The standard InChI is InChI=1S/C13H11F3N2/c1-8-2-3-10(17-6-8)7-18-13-11(15)4-9(14)5-12(13)16/h2-6,18H,7H2,1H3. The largest absolute Gasteiger partial charge is 0.375 e. The van der Waals surface area contributed by atoms with Crippen LogP contribution in [-0.4, -0.2) is 4.98 Å². The quantitative estimate of drug-likeness (QED) is 0.905. The molecule has 0 aliphatic rings. The summed E-state index contributed by atoms with van der Waals surface area (Å²) < 4.78 is 39.3. The summed E-state index contributed by atoms with van der Waals surface area (Å²) in [5.41, 5.74) is 1.29. The van der Waals surface area contributed by atoms with Crippen molar-refractivity contribution in [3.63, 3.8) is 0 Å². The fourth-order valence-corrected chi connectivity index (χ4v) is 1.49. The van der Waals surface area contributed by atoms with Crippen molar-refractivity contribution in [3.8, 4) is 0 Å². The minimum Gasteiger partial charge on any atom is -0.375 e. The van der Waals surface area contributed by atoms with Gasteiger partial charge in [-0.15, -0.1) is 0 Å². The fraction of sp³-hybridized carbons (Fsp3) is 0.154. The van der Waals surface area contributed by atoms with E-state index >= 15 is 0 Å². The lowest BCUT2D eigenvalue weighted by atomic mass is 10.2. The van der Waals surface area contributed by atoms with Gasteiger partial charge in [0, 0.05) is 18.3 Å². The van der Waals surface area contributed by atoms with Crippen molar-refractivity contribution in [1.82, 2.24) is 4.98 Å². The highest BCUT2D eigenvalue weighted by molar-refractivity contribution is 5.46. The highest BCUT2D eigenvalue weighted by atomic mass is 19.1.